The van der Waals surface area contributed by atoms with Gasteiger partial charge in [0.05, 0.1) is 7.11 Å². The van der Waals surface area contributed by atoms with E-state index in [2.05, 4.69) is 10.3 Å². The van der Waals surface area contributed by atoms with E-state index in [1.54, 1.807) is 14.2 Å². The average molecular weight is 289 g/mol. The van der Waals surface area contributed by atoms with Gasteiger partial charge in [0.25, 0.3) is 5.91 Å². The third kappa shape index (κ3) is 2.02. The Morgan fingerprint density at radius 2 is 2.25 bits per heavy atom. The van der Waals surface area contributed by atoms with Gasteiger partial charge in [-0.25, -0.2) is 0 Å². The summed E-state index contributed by atoms with van der Waals surface area (Å²) in [6.45, 7) is 0. The standard InChI is InChI=1S/C14H15N3O2S/c1-17-13(18)12(16-14(17)20)5-8-7-15-11-4-3-9(19-2)6-10(8)11/h3-4,6-7,12,15H,5H2,1-2H3,(H,16,20). The van der Waals surface area contributed by atoms with Crippen molar-refractivity contribution >= 4 is 34.1 Å². The zero-order chi connectivity index (χ0) is 14.3. The van der Waals surface area contributed by atoms with Crippen LogP contribution in [-0.4, -0.2) is 41.1 Å². The van der Waals surface area contributed by atoms with Crippen molar-refractivity contribution in [1.82, 2.24) is 15.2 Å². The lowest BCUT2D eigenvalue weighted by molar-refractivity contribution is -0.126. The van der Waals surface area contributed by atoms with Gasteiger partial charge in [0.2, 0.25) is 0 Å². The Hall–Kier alpha value is -2.08. The van der Waals surface area contributed by atoms with Crippen LogP contribution < -0.4 is 10.1 Å². The summed E-state index contributed by atoms with van der Waals surface area (Å²) in [5.74, 6) is 0.809. The number of carbonyl (C=O) groups excluding carboxylic acids is 1. The van der Waals surface area contributed by atoms with E-state index in [4.69, 9.17) is 17.0 Å². The van der Waals surface area contributed by atoms with Gasteiger partial charge in [-0.1, -0.05) is 0 Å². The van der Waals surface area contributed by atoms with Crippen LogP contribution in [0, 0.1) is 0 Å². The van der Waals surface area contributed by atoms with Crippen LogP contribution in [0.5, 0.6) is 5.75 Å². The molecule has 1 amide bonds. The third-order valence-corrected chi connectivity index (χ3v) is 4.02. The second-order valence-electron chi connectivity index (χ2n) is 4.83. The molecule has 104 valence electrons. The molecule has 6 heteroatoms. The van der Waals surface area contributed by atoms with Crippen LogP contribution in [0.15, 0.2) is 24.4 Å². The van der Waals surface area contributed by atoms with Crippen molar-refractivity contribution in [1.29, 1.82) is 0 Å². The third-order valence-electron chi connectivity index (χ3n) is 3.63. The van der Waals surface area contributed by atoms with Crippen LogP contribution in [0.3, 0.4) is 0 Å². The number of hydrogen-bond donors (Lipinski definition) is 2. The number of carbonyl (C=O) groups is 1. The summed E-state index contributed by atoms with van der Waals surface area (Å²) in [7, 11) is 3.33. The second kappa shape index (κ2) is 4.79. The molecule has 20 heavy (non-hydrogen) atoms. The highest BCUT2D eigenvalue weighted by atomic mass is 32.1. The zero-order valence-electron chi connectivity index (χ0n) is 11.3. The van der Waals surface area contributed by atoms with E-state index in [1.165, 1.54) is 4.90 Å². The maximum absolute atomic E-state index is 12.0. The van der Waals surface area contributed by atoms with Crippen molar-refractivity contribution in [2.24, 2.45) is 0 Å². The molecule has 0 bridgehead atoms. The molecular formula is C14H15N3O2S. The van der Waals surface area contributed by atoms with Gasteiger partial charge < -0.3 is 15.0 Å². The number of rotatable bonds is 3. The first-order valence-corrected chi connectivity index (χ1v) is 6.73. The molecule has 1 atom stereocenters. The molecule has 1 saturated heterocycles. The minimum Gasteiger partial charge on any atom is -0.497 e. The Kier molecular flexibility index (Phi) is 3.10. The normalized spacial score (nSPS) is 18.7. The van der Waals surface area contributed by atoms with Gasteiger partial charge in [0.1, 0.15) is 11.8 Å². The van der Waals surface area contributed by atoms with Gasteiger partial charge in [0, 0.05) is 30.6 Å². The van der Waals surface area contributed by atoms with Gasteiger partial charge in [0.15, 0.2) is 5.11 Å². The fourth-order valence-corrected chi connectivity index (χ4v) is 2.69. The van der Waals surface area contributed by atoms with Gasteiger partial charge in [-0.15, -0.1) is 0 Å². The number of thiocarbonyl (C=S) groups is 1. The number of amides is 1. The number of ether oxygens (including phenoxy) is 1. The molecule has 2 aromatic rings. The molecule has 1 aliphatic heterocycles. The summed E-state index contributed by atoms with van der Waals surface area (Å²) in [4.78, 5) is 16.7. The molecule has 5 nitrogen and oxygen atoms in total. The van der Waals surface area contributed by atoms with Crippen LogP contribution in [0.4, 0.5) is 0 Å². The zero-order valence-corrected chi connectivity index (χ0v) is 12.1. The number of methoxy groups -OCH3 is 1. The molecular weight excluding hydrogens is 274 g/mol. The SMILES string of the molecule is COc1ccc2[nH]cc(CC3NC(=S)N(C)C3=O)c2c1. The van der Waals surface area contributed by atoms with Crippen molar-refractivity contribution in [3.05, 3.63) is 30.0 Å². The van der Waals surface area contributed by atoms with Gasteiger partial charge in [-0.3, -0.25) is 9.69 Å². The number of aromatic nitrogens is 1. The molecule has 2 heterocycles. The second-order valence-corrected chi connectivity index (χ2v) is 5.22. The minimum absolute atomic E-state index is 0.00671. The lowest BCUT2D eigenvalue weighted by atomic mass is 10.0. The number of hydrogen-bond acceptors (Lipinski definition) is 3. The first-order valence-electron chi connectivity index (χ1n) is 6.32. The van der Waals surface area contributed by atoms with Crippen LogP contribution in [0.1, 0.15) is 5.56 Å². The Bertz CT molecular complexity index is 695. The maximum atomic E-state index is 12.0. The molecule has 0 aliphatic carbocycles. The Morgan fingerprint density at radius 1 is 1.45 bits per heavy atom. The topological polar surface area (TPSA) is 57.4 Å². The van der Waals surface area contributed by atoms with E-state index in [9.17, 15) is 4.79 Å². The van der Waals surface area contributed by atoms with Crippen molar-refractivity contribution < 1.29 is 9.53 Å². The molecule has 2 N–H and O–H groups in total. The average Bonchev–Trinajstić information content (AvgIpc) is 2.96. The summed E-state index contributed by atoms with van der Waals surface area (Å²) in [5.41, 5.74) is 2.10. The van der Waals surface area contributed by atoms with Crippen molar-refractivity contribution in [3.63, 3.8) is 0 Å². The first kappa shape index (κ1) is 12.9. The number of likely N-dealkylation sites (N-methyl/N-ethyl adjacent to an activating group) is 1. The summed E-state index contributed by atoms with van der Waals surface area (Å²) in [6.07, 6.45) is 2.52. The van der Waals surface area contributed by atoms with E-state index in [1.807, 2.05) is 24.4 Å². The molecule has 1 aliphatic rings. The molecule has 1 aromatic heterocycles. The molecule has 0 saturated carbocycles. The predicted octanol–water partition coefficient (Wildman–Crippen LogP) is 1.43. The molecule has 0 radical (unpaired) electrons. The van der Waals surface area contributed by atoms with E-state index in [0.29, 0.717) is 11.5 Å². The predicted molar refractivity (Wildman–Crippen MR) is 80.8 cm³/mol. The molecule has 1 unspecified atom stereocenters. The number of H-pyrrole nitrogens is 1. The van der Waals surface area contributed by atoms with Crippen LogP contribution in [-0.2, 0) is 11.2 Å². The fourth-order valence-electron chi connectivity index (χ4n) is 2.45. The summed E-state index contributed by atoms with van der Waals surface area (Å²) >= 11 is 5.09. The molecule has 3 rings (SSSR count). The van der Waals surface area contributed by atoms with E-state index in [-0.39, 0.29) is 11.9 Å². The Morgan fingerprint density at radius 3 is 2.90 bits per heavy atom. The Labute approximate surface area is 121 Å². The number of nitrogens with one attached hydrogen (secondary N) is 2. The fraction of sp³-hybridized carbons (Fsp3) is 0.286. The van der Waals surface area contributed by atoms with Crippen molar-refractivity contribution in [2.45, 2.75) is 12.5 Å². The van der Waals surface area contributed by atoms with E-state index >= 15 is 0 Å². The van der Waals surface area contributed by atoms with E-state index < -0.39 is 0 Å². The highest BCUT2D eigenvalue weighted by Crippen LogP contribution is 2.25. The van der Waals surface area contributed by atoms with Gasteiger partial charge in [-0.05, 0) is 36.0 Å². The summed E-state index contributed by atoms with van der Waals surface area (Å²) in [6, 6.07) is 5.56. The molecule has 1 aromatic carbocycles. The first-order chi connectivity index (χ1) is 9.60. The summed E-state index contributed by atoms with van der Waals surface area (Å²) in [5, 5.41) is 4.60. The van der Waals surface area contributed by atoms with Crippen LogP contribution in [0.25, 0.3) is 10.9 Å². The monoisotopic (exact) mass is 289 g/mol. The van der Waals surface area contributed by atoms with Crippen LogP contribution >= 0.6 is 12.2 Å². The van der Waals surface area contributed by atoms with Crippen molar-refractivity contribution in [3.8, 4) is 5.75 Å². The largest absolute Gasteiger partial charge is 0.497 e. The Balaban J connectivity index is 1.91. The van der Waals surface area contributed by atoms with Gasteiger partial charge in [-0.2, -0.15) is 0 Å². The number of aromatic amines is 1. The molecule has 1 fully saturated rings. The minimum atomic E-state index is -0.294. The lowest BCUT2D eigenvalue weighted by Crippen LogP contribution is -2.31. The van der Waals surface area contributed by atoms with Crippen molar-refractivity contribution in [2.75, 3.05) is 14.2 Å². The number of nitrogens with zero attached hydrogens (tertiary/aromatic N) is 1. The lowest BCUT2D eigenvalue weighted by Gasteiger charge is -2.08. The smallest absolute Gasteiger partial charge is 0.251 e. The van der Waals surface area contributed by atoms with Crippen LogP contribution in [0.2, 0.25) is 0 Å². The van der Waals surface area contributed by atoms with E-state index in [0.717, 1.165) is 22.2 Å². The number of benzene rings is 1. The van der Waals surface area contributed by atoms with Gasteiger partial charge >= 0.3 is 0 Å². The maximum Gasteiger partial charge on any atom is 0.251 e. The highest BCUT2D eigenvalue weighted by molar-refractivity contribution is 7.80. The summed E-state index contributed by atoms with van der Waals surface area (Å²) < 4.78 is 5.25. The molecule has 0 spiro atoms. The highest BCUT2D eigenvalue weighted by Gasteiger charge is 2.33. The quantitative estimate of drug-likeness (QED) is 0.839. The number of fused-ring (bicyclic) bond motifs is 1.